The second-order valence-electron chi connectivity index (χ2n) is 5.05. The van der Waals surface area contributed by atoms with E-state index in [1.54, 1.807) is 30.5 Å². The smallest absolute Gasteiger partial charge is 0.240 e. The number of aromatic nitrogens is 1. The van der Waals surface area contributed by atoms with Gasteiger partial charge in [0.25, 0.3) is 0 Å². The maximum atomic E-state index is 11.6. The molecule has 0 aliphatic rings. The van der Waals surface area contributed by atoms with Crippen molar-refractivity contribution in [3.8, 4) is 0 Å². The number of sulfonamides is 1. The molecule has 0 atom stereocenters. The number of nitrogens with one attached hydrogen (secondary N) is 2. The predicted octanol–water partition coefficient (Wildman–Crippen LogP) is 0.637. The van der Waals surface area contributed by atoms with Gasteiger partial charge in [-0.25, -0.2) is 18.1 Å². The quantitative estimate of drug-likeness (QED) is 0.503. The summed E-state index contributed by atoms with van der Waals surface area (Å²) >= 11 is 0. The summed E-state index contributed by atoms with van der Waals surface area (Å²) in [6, 6.07) is 12.3. The molecule has 7 nitrogen and oxygen atoms in total. The largest absolute Gasteiger partial charge is 0.370 e. The molecular weight excluding hydrogens is 326 g/mol. The molecule has 4 N–H and O–H groups in total. The maximum Gasteiger partial charge on any atom is 0.240 e. The Bertz CT molecular complexity index is 774. The minimum atomic E-state index is -3.41. The molecule has 0 amide bonds. The fraction of sp³-hybridized carbons (Fsp3) is 0.250. The van der Waals surface area contributed by atoms with Gasteiger partial charge in [-0.1, -0.05) is 18.2 Å². The molecule has 8 heteroatoms. The molecule has 24 heavy (non-hydrogen) atoms. The number of hydrogen-bond donors (Lipinski definition) is 3. The standard InChI is InChI=1S/C16H21N5O2S/c1-18-24(22,23)15-7-5-13(6-8-15)12-21-16(17)20-11-9-14-4-2-3-10-19-14/h2-8,10,18H,9,11-12H2,1H3,(H3,17,20,21). The van der Waals surface area contributed by atoms with Gasteiger partial charge in [0.05, 0.1) is 11.4 Å². The second-order valence-corrected chi connectivity index (χ2v) is 6.94. The highest BCUT2D eigenvalue weighted by Crippen LogP contribution is 2.10. The Hall–Kier alpha value is -2.45. The van der Waals surface area contributed by atoms with Gasteiger partial charge in [-0.3, -0.25) is 4.98 Å². The highest BCUT2D eigenvalue weighted by molar-refractivity contribution is 7.89. The first-order chi connectivity index (χ1) is 11.5. The summed E-state index contributed by atoms with van der Waals surface area (Å²) in [5.74, 6) is 0.345. The zero-order valence-electron chi connectivity index (χ0n) is 13.4. The van der Waals surface area contributed by atoms with Gasteiger partial charge < -0.3 is 11.1 Å². The molecule has 0 bridgehead atoms. The molecule has 1 heterocycles. The average Bonchev–Trinajstić information content (AvgIpc) is 2.61. The van der Waals surface area contributed by atoms with Crippen LogP contribution in [0.3, 0.4) is 0 Å². The molecule has 0 radical (unpaired) electrons. The molecule has 2 rings (SSSR count). The van der Waals surface area contributed by atoms with E-state index < -0.39 is 10.0 Å². The third kappa shape index (κ3) is 5.32. The first-order valence-electron chi connectivity index (χ1n) is 7.47. The SMILES string of the molecule is CNS(=O)(=O)c1ccc(CN=C(N)NCCc2ccccn2)cc1. The number of benzene rings is 1. The third-order valence-electron chi connectivity index (χ3n) is 3.35. The van der Waals surface area contributed by atoms with E-state index in [-0.39, 0.29) is 4.90 Å². The van der Waals surface area contributed by atoms with Crippen LogP contribution in [-0.2, 0) is 23.0 Å². The molecule has 2 aromatic rings. The Morgan fingerprint density at radius 3 is 2.58 bits per heavy atom. The van der Waals surface area contributed by atoms with Gasteiger partial charge in [0, 0.05) is 24.9 Å². The van der Waals surface area contributed by atoms with E-state index in [0.717, 1.165) is 17.7 Å². The molecule has 0 saturated carbocycles. The zero-order valence-corrected chi connectivity index (χ0v) is 14.3. The van der Waals surface area contributed by atoms with E-state index in [1.807, 2.05) is 18.2 Å². The maximum absolute atomic E-state index is 11.6. The summed E-state index contributed by atoms with van der Waals surface area (Å²) in [5, 5.41) is 3.03. The molecule has 0 aliphatic heterocycles. The van der Waals surface area contributed by atoms with E-state index in [0.29, 0.717) is 19.0 Å². The van der Waals surface area contributed by atoms with Crippen LogP contribution in [0.5, 0.6) is 0 Å². The monoisotopic (exact) mass is 347 g/mol. The van der Waals surface area contributed by atoms with Gasteiger partial charge in [0.15, 0.2) is 5.96 Å². The summed E-state index contributed by atoms with van der Waals surface area (Å²) in [5.41, 5.74) is 7.68. The molecular formula is C16H21N5O2S. The summed E-state index contributed by atoms with van der Waals surface area (Å²) in [6.45, 7) is 1.02. The number of nitrogens with zero attached hydrogens (tertiary/aromatic N) is 2. The lowest BCUT2D eigenvalue weighted by molar-refractivity contribution is 0.588. The van der Waals surface area contributed by atoms with E-state index in [9.17, 15) is 8.42 Å². The number of nitrogens with two attached hydrogens (primary N) is 1. The van der Waals surface area contributed by atoms with Crippen LogP contribution in [0.25, 0.3) is 0 Å². The van der Waals surface area contributed by atoms with Crippen molar-refractivity contribution in [2.45, 2.75) is 17.9 Å². The highest BCUT2D eigenvalue weighted by atomic mass is 32.2. The fourth-order valence-electron chi connectivity index (χ4n) is 1.99. The van der Waals surface area contributed by atoms with Crippen LogP contribution in [0.15, 0.2) is 58.5 Å². The van der Waals surface area contributed by atoms with E-state index in [4.69, 9.17) is 5.73 Å². The molecule has 0 spiro atoms. The fourth-order valence-corrected chi connectivity index (χ4v) is 2.72. The molecule has 0 aliphatic carbocycles. The lowest BCUT2D eigenvalue weighted by Gasteiger charge is -2.06. The number of aliphatic imine (C=N–C) groups is 1. The Kier molecular flexibility index (Phi) is 6.28. The Morgan fingerprint density at radius 1 is 1.21 bits per heavy atom. The van der Waals surface area contributed by atoms with Crippen molar-refractivity contribution >= 4 is 16.0 Å². The predicted molar refractivity (Wildman–Crippen MR) is 94.0 cm³/mol. The van der Waals surface area contributed by atoms with Crippen molar-refractivity contribution in [1.29, 1.82) is 0 Å². The molecule has 0 fully saturated rings. The van der Waals surface area contributed by atoms with Gasteiger partial charge in [-0.05, 0) is 36.9 Å². The van der Waals surface area contributed by atoms with Gasteiger partial charge in [-0.15, -0.1) is 0 Å². The van der Waals surface area contributed by atoms with Crippen molar-refractivity contribution < 1.29 is 8.42 Å². The second kappa shape index (κ2) is 8.42. The molecule has 128 valence electrons. The number of pyridine rings is 1. The number of hydrogen-bond acceptors (Lipinski definition) is 4. The van der Waals surface area contributed by atoms with Crippen LogP contribution < -0.4 is 15.8 Å². The van der Waals surface area contributed by atoms with E-state index >= 15 is 0 Å². The van der Waals surface area contributed by atoms with Gasteiger partial charge in [-0.2, -0.15) is 0 Å². The third-order valence-corrected chi connectivity index (χ3v) is 4.78. The van der Waals surface area contributed by atoms with Crippen LogP contribution in [-0.4, -0.2) is 33.0 Å². The first-order valence-corrected chi connectivity index (χ1v) is 8.96. The van der Waals surface area contributed by atoms with Crippen LogP contribution in [0.2, 0.25) is 0 Å². The summed E-state index contributed by atoms with van der Waals surface area (Å²) in [7, 11) is -2.03. The van der Waals surface area contributed by atoms with Crippen molar-refractivity contribution in [3.63, 3.8) is 0 Å². The van der Waals surface area contributed by atoms with Crippen molar-refractivity contribution in [1.82, 2.24) is 15.0 Å². The lowest BCUT2D eigenvalue weighted by atomic mass is 10.2. The normalized spacial score (nSPS) is 12.1. The number of guanidine groups is 1. The van der Waals surface area contributed by atoms with Crippen molar-refractivity contribution in [2.24, 2.45) is 10.7 Å². The molecule has 1 aromatic carbocycles. The Labute approximate surface area is 142 Å². The van der Waals surface area contributed by atoms with Crippen molar-refractivity contribution in [2.75, 3.05) is 13.6 Å². The summed E-state index contributed by atoms with van der Waals surface area (Å²) < 4.78 is 25.6. The van der Waals surface area contributed by atoms with Crippen LogP contribution in [0.4, 0.5) is 0 Å². The van der Waals surface area contributed by atoms with E-state index in [2.05, 4.69) is 20.0 Å². The molecule has 1 aromatic heterocycles. The van der Waals surface area contributed by atoms with Crippen LogP contribution >= 0.6 is 0 Å². The average molecular weight is 347 g/mol. The minimum Gasteiger partial charge on any atom is -0.370 e. The summed E-state index contributed by atoms with van der Waals surface area (Å²) in [4.78, 5) is 8.69. The lowest BCUT2D eigenvalue weighted by Crippen LogP contribution is -2.33. The highest BCUT2D eigenvalue weighted by Gasteiger charge is 2.10. The topological polar surface area (TPSA) is 109 Å². The van der Waals surface area contributed by atoms with Gasteiger partial charge in [0.2, 0.25) is 10.0 Å². The molecule has 0 unspecified atom stereocenters. The Morgan fingerprint density at radius 2 is 1.96 bits per heavy atom. The van der Waals surface area contributed by atoms with Gasteiger partial charge in [0.1, 0.15) is 0 Å². The van der Waals surface area contributed by atoms with Crippen LogP contribution in [0, 0.1) is 0 Å². The summed E-state index contributed by atoms with van der Waals surface area (Å²) in [6.07, 6.45) is 2.51. The first kappa shape index (κ1) is 17.9. The van der Waals surface area contributed by atoms with Crippen LogP contribution in [0.1, 0.15) is 11.3 Å². The van der Waals surface area contributed by atoms with E-state index in [1.165, 1.54) is 7.05 Å². The Balaban J connectivity index is 1.84. The minimum absolute atomic E-state index is 0.221. The number of rotatable bonds is 7. The molecule has 0 saturated heterocycles. The van der Waals surface area contributed by atoms with Crippen molar-refractivity contribution in [3.05, 3.63) is 59.9 Å². The zero-order chi connectivity index (χ0) is 17.4. The van der Waals surface area contributed by atoms with Gasteiger partial charge >= 0.3 is 0 Å².